The number of rotatable bonds is 6. The molecule has 0 unspecified atom stereocenters. The molecule has 2 aliphatic rings. The van der Waals surface area contributed by atoms with Gasteiger partial charge >= 0.3 is 0 Å². The van der Waals surface area contributed by atoms with Crippen molar-refractivity contribution < 1.29 is 9.53 Å². The molecular weight excluding hydrogens is 376 g/mol. The minimum absolute atomic E-state index is 0.00186. The lowest BCUT2D eigenvalue weighted by Gasteiger charge is -2.25. The van der Waals surface area contributed by atoms with E-state index in [1.165, 1.54) is 24.1 Å². The lowest BCUT2D eigenvalue weighted by Crippen LogP contribution is -2.26. The molecule has 6 nitrogen and oxygen atoms in total. The third-order valence-corrected chi connectivity index (χ3v) is 6.14. The summed E-state index contributed by atoms with van der Waals surface area (Å²) in [5.74, 6) is 2.00. The number of hydrogen-bond donors (Lipinski definition) is 1. The van der Waals surface area contributed by atoms with Crippen LogP contribution in [0.2, 0.25) is 0 Å². The largest absolute Gasteiger partial charge is 0.489 e. The Kier molecular flexibility index (Phi) is 6.11. The van der Waals surface area contributed by atoms with E-state index in [0.29, 0.717) is 0 Å². The Labute approximate surface area is 179 Å². The van der Waals surface area contributed by atoms with Crippen molar-refractivity contribution in [3.05, 3.63) is 47.7 Å². The molecule has 1 N–H and O–H groups in total. The average molecular weight is 409 g/mol. The van der Waals surface area contributed by atoms with Crippen molar-refractivity contribution in [3.8, 4) is 5.75 Å². The van der Waals surface area contributed by atoms with Crippen molar-refractivity contribution in [1.29, 1.82) is 0 Å². The fourth-order valence-corrected chi connectivity index (χ4v) is 4.56. The van der Waals surface area contributed by atoms with E-state index in [-0.39, 0.29) is 18.1 Å². The maximum atomic E-state index is 11.2. The highest BCUT2D eigenvalue weighted by atomic mass is 16.5. The molecule has 2 saturated heterocycles. The van der Waals surface area contributed by atoms with E-state index in [0.717, 1.165) is 49.7 Å². The lowest BCUT2D eigenvalue weighted by molar-refractivity contribution is -0.119. The van der Waals surface area contributed by atoms with Crippen LogP contribution in [0.15, 0.2) is 36.5 Å². The highest BCUT2D eigenvalue weighted by Crippen LogP contribution is 2.32. The van der Waals surface area contributed by atoms with Gasteiger partial charge in [0, 0.05) is 50.4 Å². The zero-order valence-corrected chi connectivity index (χ0v) is 18.2. The van der Waals surface area contributed by atoms with Crippen molar-refractivity contribution in [3.63, 3.8) is 0 Å². The normalized spacial score (nSPS) is 19.8. The number of hydrogen-bond acceptors (Lipinski definition) is 5. The van der Waals surface area contributed by atoms with Gasteiger partial charge in [0.25, 0.3) is 0 Å². The van der Waals surface area contributed by atoms with E-state index in [4.69, 9.17) is 4.74 Å². The molecule has 2 atom stereocenters. The summed E-state index contributed by atoms with van der Waals surface area (Å²) in [6.45, 7) is 9.82. The number of nitrogens with one attached hydrogen (secondary N) is 1. The number of amides is 1. The third-order valence-electron chi connectivity index (χ3n) is 6.14. The van der Waals surface area contributed by atoms with Crippen LogP contribution < -0.4 is 19.9 Å². The van der Waals surface area contributed by atoms with Gasteiger partial charge in [-0.15, -0.1) is 0 Å². The molecule has 2 aromatic rings. The molecule has 3 heterocycles. The molecule has 160 valence electrons. The quantitative estimate of drug-likeness (QED) is 0.787. The van der Waals surface area contributed by atoms with Gasteiger partial charge < -0.3 is 19.9 Å². The summed E-state index contributed by atoms with van der Waals surface area (Å²) in [4.78, 5) is 20.7. The van der Waals surface area contributed by atoms with Crippen molar-refractivity contribution in [1.82, 2.24) is 10.3 Å². The van der Waals surface area contributed by atoms with Gasteiger partial charge in [-0.1, -0.05) is 12.1 Å². The Hall–Kier alpha value is -2.76. The van der Waals surface area contributed by atoms with Crippen LogP contribution in [-0.4, -0.2) is 43.2 Å². The molecule has 0 spiro atoms. The van der Waals surface area contributed by atoms with Crippen LogP contribution in [0, 0.1) is 6.92 Å². The third kappa shape index (κ3) is 4.53. The fourth-order valence-electron chi connectivity index (χ4n) is 4.56. The number of carbonyl (C=O) groups is 1. The van der Waals surface area contributed by atoms with Gasteiger partial charge in [-0.2, -0.15) is 0 Å². The minimum Gasteiger partial charge on any atom is -0.489 e. The predicted octanol–water partition coefficient (Wildman–Crippen LogP) is 3.85. The summed E-state index contributed by atoms with van der Waals surface area (Å²) in [5, 5.41) is 2.91. The van der Waals surface area contributed by atoms with Gasteiger partial charge in [-0.05, 0) is 50.5 Å². The first kappa shape index (κ1) is 20.5. The molecule has 4 rings (SSSR count). The maximum absolute atomic E-state index is 11.2. The first-order valence-corrected chi connectivity index (χ1v) is 11.0. The Morgan fingerprint density at radius 2 is 1.87 bits per heavy atom. The Bertz CT molecular complexity index is 877. The molecule has 1 aromatic carbocycles. The van der Waals surface area contributed by atoms with Gasteiger partial charge in [0.2, 0.25) is 5.91 Å². The summed E-state index contributed by atoms with van der Waals surface area (Å²) >= 11 is 0. The van der Waals surface area contributed by atoms with Gasteiger partial charge in [0.05, 0.1) is 12.6 Å². The van der Waals surface area contributed by atoms with Crippen LogP contribution >= 0.6 is 0 Å². The summed E-state index contributed by atoms with van der Waals surface area (Å²) in [7, 11) is 0. The van der Waals surface area contributed by atoms with E-state index in [1.807, 2.05) is 37.4 Å². The maximum Gasteiger partial charge on any atom is 0.217 e. The zero-order chi connectivity index (χ0) is 21.1. The summed E-state index contributed by atoms with van der Waals surface area (Å²) < 4.78 is 6.26. The van der Waals surface area contributed by atoms with E-state index in [2.05, 4.69) is 33.1 Å². The highest BCUT2D eigenvalue weighted by Gasteiger charge is 2.27. The summed E-state index contributed by atoms with van der Waals surface area (Å²) in [5.41, 5.74) is 3.63. The number of ether oxygens (including phenoxy) is 1. The molecule has 2 aliphatic heterocycles. The molecule has 0 saturated carbocycles. The van der Waals surface area contributed by atoms with E-state index in [1.54, 1.807) is 6.92 Å². The van der Waals surface area contributed by atoms with Crippen LogP contribution in [0.4, 0.5) is 11.5 Å². The number of aromatic nitrogens is 1. The van der Waals surface area contributed by atoms with Crippen molar-refractivity contribution in [2.45, 2.75) is 52.2 Å². The Morgan fingerprint density at radius 1 is 1.13 bits per heavy atom. The first-order chi connectivity index (χ1) is 14.5. The molecule has 30 heavy (non-hydrogen) atoms. The molecular formula is C24H32N4O2. The van der Waals surface area contributed by atoms with Crippen LogP contribution in [-0.2, 0) is 4.79 Å². The number of benzene rings is 1. The van der Waals surface area contributed by atoms with Crippen LogP contribution in [0.25, 0.3) is 0 Å². The second kappa shape index (κ2) is 8.94. The number of anilines is 2. The zero-order valence-electron chi connectivity index (χ0n) is 18.2. The molecule has 0 aliphatic carbocycles. The highest BCUT2D eigenvalue weighted by molar-refractivity contribution is 5.73. The number of pyridine rings is 1. The smallest absolute Gasteiger partial charge is 0.217 e. The van der Waals surface area contributed by atoms with Crippen LogP contribution in [0.5, 0.6) is 5.75 Å². The molecule has 1 amide bonds. The minimum atomic E-state index is -0.0202. The molecule has 1 aromatic heterocycles. The number of nitrogens with zero attached hydrogens (tertiary/aromatic N) is 3. The standard InChI is InChI=1S/C24H32N4O2/c1-17-23(10-12-25-24(17)27-13-4-5-14-27)28-15-11-22(16-28)30-21-8-6-20(7-9-21)18(2)26-19(3)29/h6-10,12,18,22H,4-5,11,13-16H2,1-3H3,(H,26,29)/t18-,22+/m0/s1. The Morgan fingerprint density at radius 3 is 2.57 bits per heavy atom. The van der Waals surface area contributed by atoms with Gasteiger partial charge in [0.15, 0.2) is 0 Å². The lowest BCUT2D eigenvalue weighted by atomic mass is 10.1. The monoisotopic (exact) mass is 408 g/mol. The van der Waals surface area contributed by atoms with Crippen molar-refractivity contribution in [2.24, 2.45) is 0 Å². The molecule has 0 bridgehead atoms. The SMILES string of the molecule is CC(=O)N[C@@H](C)c1ccc(O[C@@H]2CCN(c3ccnc(N4CCCC4)c3C)C2)cc1. The van der Waals surface area contributed by atoms with Crippen molar-refractivity contribution >= 4 is 17.4 Å². The summed E-state index contributed by atoms with van der Waals surface area (Å²) in [6, 6.07) is 10.2. The molecule has 0 radical (unpaired) electrons. The number of carbonyl (C=O) groups excluding carboxylic acids is 1. The summed E-state index contributed by atoms with van der Waals surface area (Å²) in [6.07, 6.45) is 5.64. The molecule has 2 fully saturated rings. The van der Waals surface area contributed by atoms with Gasteiger partial charge in [-0.3, -0.25) is 4.79 Å². The second-order valence-electron chi connectivity index (χ2n) is 8.44. The topological polar surface area (TPSA) is 57.7 Å². The fraction of sp³-hybridized carbons (Fsp3) is 0.500. The molecule has 6 heteroatoms. The predicted molar refractivity (Wildman–Crippen MR) is 120 cm³/mol. The van der Waals surface area contributed by atoms with Crippen LogP contribution in [0.1, 0.15) is 50.3 Å². The van der Waals surface area contributed by atoms with E-state index >= 15 is 0 Å². The second-order valence-corrected chi connectivity index (χ2v) is 8.44. The van der Waals surface area contributed by atoms with Gasteiger partial charge in [-0.25, -0.2) is 4.98 Å². The Balaban J connectivity index is 1.38. The van der Waals surface area contributed by atoms with Gasteiger partial charge in [0.1, 0.15) is 17.7 Å². The average Bonchev–Trinajstić information content (AvgIpc) is 3.40. The van der Waals surface area contributed by atoms with E-state index < -0.39 is 0 Å². The van der Waals surface area contributed by atoms with Crippen LogP contribution in [0.3, 0.4) is 0 Å². The first-order valence-electron chi connectivity index (χ1n) is 11.0. The van der Waals surface area contributed by atoms with Crippen molar-refractivity contribution in [2.75, 3.05) is 36.0 Å². The van der Waals surface area contributed by atoms with E-state index in [9.17, 15) is 4.79 Å².